The van der Waals surface area contributed by atoms with Crippen LogP contribution in [0.2, 0.25) is 0 Å². The topological polar surface area (TPSA) is 82.9 Å². The Hall–Kier alpha value is -3.32. The molecule has 0 aliphatic heterocycles. The molecule has 1 heterocycles. The molecule has 160 valence electrons. The van der Waals surface area contributed by atoms with E-state index in [9.17, 15) is 10.4 Å². The molecule has 0 saturated carbocycles. The third-order valence-electron chi connectivity index (χ3n) is 5.60. The molecule has 0 aliphatic carbocycles. The van der Waals surface area contributed by atoms with Gasteiger partial charge in [-0.15, -0.1) is 0 Å². The molecule has 0 amide bonds. The second-order valence-electron chi connectivity index (χ2n) is 10.2. The normalized spacial score (nSPS) is 11.9. The SMILES string of the molecule is Cc1ccc(-c2cnc(N)c(C#N)c2-c2cc(C(C)(C)C)c(O)c(C(C)(C)C)c2)cc1. The van der Waals surface area contributed by atoms with Gasteiger partial charge in [-0.05, 0) is 41.0 Å². The highest BCUT2D eigenvalue weighted by molar-refractivity contribution is 5.90. The fraction of sp³-hybridized carbons (Fsp3) is 0.333. The summed E-state index contributed by atoms with van der Waals surface area (Å²) in [5.74, 6) is 0.511. The smallest absolute Gasteiger partial charge is 0.141 e. The van der Waals surface area contributed by atoms with Crippen LogP contribution in [0.5, 0.6) is 5.75 Å². The number of nitrogens with two attached hydrogens (primary N) is 1. The molecular weight excluding hydrogens is 382 g/mol. The second kappa shape index (κ2) is 7.74. The minimum atomic E-state index is -0.282. The molecule has 4 nitrogen and oxygen atoms in total. The molecular formula is C27H31N3O. The third kappa shape index (κ3) is 4.27. The fourth-order valence-corrected chi connectivity index (χ4v) is 3.81. The van der Waals surface area contributed by atoms with Gasteiger partial charge in [0.25, 0.3) is 0 Å². The van der Waals surface area contributed by atoms with Gasteiger partial charge in [0.15, 0.2) is 0 Å². The van der Waals surface area contributed by atoms with E-state index in [2.05, 4.69) is 52.6 Å². The first-order valence-electron chi connectivity index (χ1n) is 10.5. The van der Waals surface area contributed by atoms with E-state index in [1.807, 2.05) is 43.3 Å². The second-order valence-corrected chi connectivity index (χ2v) is 10.2. The Morgan fingerprint density at radius 2 is 1.42 bits per heavy atom. The molecule has 0 radical (unpaired) electrons. The van der Waals surface area contributed by atoms with Gasteiger partial charge < -0.3 is 10.8 Å². The van der Waals surface area contributed by atoms with Gasteiger partial charge in [0.05, 0.1) is 0 Å². The molecule has 1 aromatic heterocycles. The Balaban J connectivity index is 2.46. The van der Waals surface area contributed by atoms with Gasteiger partial charge in [-0.1, -0.05) is 71.4 Å². The zero-order chi connectivity index (χ0) is 23.1. The zero-order valence-corrected chi connectivity index (χ0v) is 19.5. The fourth-order valence-electron chi connectivity index (χ4n) is 3.81. The minimum Gasteiger partial charge on any atom is -0.507 e. The van der Waals surface area contributed by atoms with Gasteiger partial charge in [0.2, 0.25) is 0 Å². The number of nitriles is 1. The lowest BCUT2D eigenvalue weighted by Gasteiger charge is -2.29. The van der Waals surface area contributed by atoms with Gasteiger partial charge in [0.1, 0.15) is 23.2 Å². The average Bonchev–Trinajstić information content (AvgIpc) is 2.67. The summed E-state index contributed by atoms with van der Waals surface area (Å²) in [4.78, 5) is 4.30. The zero-order valence-electron chi connectivity index (χ0n) is 19.5. The Kier molecular flexibility index (Phi) is 5.58. The van der Waals surface area contributed by atoms with Crippen LogP contribution in [0, 0.1) is 18.3 Å². The lowest BCUT2D eigenvalue weighted by molar-refractivity contribution is 0.423. The molecule has 31 heavy (non-hydrogen) atoms. The molecule has 0 spiro atoms. The summed E-state index contributed by atoms with van der Waals surface area (Å²) >= 11 is 0. The van der Waals surface area contributed by atoms with Gasteiger partial charge in [0, 0.05) is 28.5 Å². The Morgan fingerprint density at radius 1 is 0.903 bits per heavy atom. The molecule has 3 rings (SSSR count). The van der Waals surface area contributed by atoms with Gasteiger partial charge in [-0.25, -0.2) is 4.98 Å². The van der Waals surface area contributed by atoms with E-state index in [0.717, 1.165) is 38.9 Å². The van der Waals surface area contributed by atoms with Crippen LogP contribution >= 0.6 is 0 Å². The number of hydrogen-bond donors (Lipinski definition) is 2. The lowest BCUT2D eigenvalue weighted by atomic mass is 9.77. The maximum atomic E-state index is 11.1. The van der Waals surface area contributed by atoms with Crippen LogP contribution in [0.4, 0.5) is 5.82 Å². The van der Waals surface area contributed by atoms with Crippen molar-refractivity contribution in [2.75, 3.05) is 5.73 Å². The third-order valence-corrected chi connectivity index (χ3v) is 5.60. The predicted octanol–water partition coefficient (Wildman–Crippen LogP) is 6.48. The van der Waals surface area contributed by atoms with Gasteiger partial charge in [-0.3, -0.25) is 0 Å². The molecule has 3 aromatic rings. The molecule has 2 aromatic carbocycles. The highest BCUT2D eigenvalue weighted by Crippen LogP contribution is 2.45. The van der Waals surface area contributed by atoms with Gasteiger partial charge >= 0.3 is 0 Å². The largest absolute Gasteiger partial charge is 0.507 e. The van der Waals surface area contributed by atoms with Crippen LogP contribution in [0.25, 0.3) is 22.3 Å². The quantitative estimate of drug-likeness (QED) is 0.504. The molecule has 0 aliphatic rings. The van der Waals surface area contributed by atoms with Crippen molar-refractivity contribution in [3.63, 3.8) is 0 Å². The van der Waals surface area contributed by atoms with Crippen molar-refractivity contribution in [1.82, 2.24) is 4.98 Å². The average molecular weight is 414 g/mol. The number of anilines is 1. The first kappa shape index (κ1) is 22.4. The number of aryl methyl sites for hydroxylation is 1. The number of nitrogen functional groups attached to an aromatic ring is 1. The first-order chi connectivity index (χ1) is 14.3. The van der Waals surface area contributed by atoms with Crippen molar-refractivity contribution in [3.8, 4) is 34.1 Å². The Morgan fingerprint density at radius 3 is 1.87 bits per heavy atom. The monoisotopic (exact) mass is 413 g/mol. The standard InChI is InChI=1S/C27H31N3O/c1-16-8-10-17(11-9-16)20-15-30-25(29)19(14-28)23(20)18-12-21(26(2,3)4)24(31)22(13-18)27(5,6)7/h8-13,15,31H,1-7H3,(H2,29,30). The van der Waals surface area contributed by atoms with Crippen LogP contribution in [-0.2, 0) is 10.8 Å². The van der Waals surface area contributed by atoms with Crippen LogP contribution in [-0.4, -0.2) is 10.1 Å². The van der Waals surface area contributed by atoms with Gasteiger partial charge in [-0.2, -0.15) is 5.26 Å². The maximum Gasteiger partial charge on any atom is 0.141 e. The predicted molar refractivity (Wildman–Crippen MR) is 128 cm³/mol. The summed E-state index contributed by atoms with van der Waals surface area (Å²) in [6, 6.07) is 14.4. The van der Waals surface area contributed by atoms with Crippen LogP contribution in [0.1, 0.15) is 63.8 Å². The summed E-state index contributed by atoms with van der Waals surface area (Å²) in [6.07, 6.45) is 1.73. The molecule has 4 heteroatoms. The number of hydrogen-bond acceptors (Lipinski definition) is 4. The Labute approximate surface area is 185 Å². The summed E-state index contributed by atoms with van der Waals surface area (Å²) in [5, 5.41) is 21.1. The highest BCUT2D eigenvalue weighted by atomic mass is 16.3. The van der Waals surface area contributed by atoms with Crippen LogP contribution in [0.3, 0.4) is 0 Å². The number of aromatic nitrogens is 1. The highest BCUT2D eigenvalue weighted by Gasteiger charge is 2.28. The molecule has 3 N–H and O–H groups in total. The molecule has 0 unspecified atom stereocenters. The number of phenols is 1. The number of aromatic hydroxyl groups is 1. The minimum absolute atomic E-state index is 0.205. The first-order valence-corrected chi connectivity index (χ1v) is 10.5. The van der Waals surface area contributed by atoms with Crippen molar-refractivity contribution >= 4 is 5.82 Å². The van der Waals surface area contributed by atoms with Crippen LogP contribution in [0.15, 0.2) is 42.6 Å². The van der Waals surface area contributed by atoms with Crippen molar-refractivity contribution in [2.45, 2.75) is 59.3 Å². The number of pyridine rings is 1. The van der Waals surface area contributed by atoms with Crippen molar-refractivity contribution in [2.24, 2.45) is 0 Å². The van der Waals surface area contributed by atoms with Crippen molar-refractivity contribution in [1.29, 1.82) is 5.26 Å². The van der Waals surface area contributed by atoms with E-state index in [1.54, 1.807) is 6.20 Å². The van der Waals surface area contributed by atoms with E-state index in [4.69, 9.17) is 5.73 Å². The summed E-state index contributed by atoms with van der Waals surface area (Å²) < 4.78 is 0. The van der Waals surface area contributed by atoms with Crippen molar-refractivity contribution in [3.05, 3.63) is 64.8 Å². The summed E-state index contributed by atoms with van der Waals surface area (Å²) in [6.45, 7) is 14.5. The van der Waals surface area contributed by atoms with E-state index < -0.39 is 0 Å². The number of rotatable bonds is 2. The number of nitrogens with zero attached hydrogens (tertiary/aromatic N) is 2. The summed E-state index contributed by atoms with van der Waals surface area (Å²) in [7, 11) is 0. The van der Waals surface area contributed by atoms with E-state index >= 15 is 0 Å². The lowest BCUT2D eigenvalue weighted by Crippen LogP contribution is -2.17. The molecule has 0 bridgehead atoms. The van der Waals surface area contributed by atoms with Crippen LogP contribution < -0.4 is 5.73 Å². The molecule has 0 fully saturated rings. The summed E-state index contributed by atoms with van der Waals surface area (Å²) in [5.41, 5.74) is 12.2. The number of benzene rings is 2. The number of phenolic OH excluding ortho intramolecular Hbond substituents is 1. The van der Waals surface area contributed by atoms with E-state index in [1.165, 1.54) is 0 Å². The molecule has 0 atom stereocenters. The maximum absolute atomic E-state index is 11.1. The Bertz CT molecular complexity index is 1140. The van der Waals surface area contributed by atoms with E-state index in [-0.39, 0.29) is 16.6 Å². The van der Waals surface area contributed by atoms with Crippen molar-refractivity contribution < 1.29 is 5.11 Å². The van der Waals surface area contributed by atoms with E-state index in [0.29, 0.717) is 11.3 Å². The molecule has 0 saturated heterocycles.